The van der Waals surface area contributed by atoms with E-state index in [1.54, 1.807) is 0 Å². The van der Waals surface area contributed by atoms with Crippen molar-refractivity contribution in [2.45, 2.75) is 26.3 Å². The number of nitrogens with zero attached hydrogens (tertiary/aromatic N) is 2. The number of benzene rings is 2. The number of piperazine rings is 1. The molecule has 0 saturated carbocycles. The molecule has 1 atom stereocenters. The number of aryl methyl sites for hydroxylation is 2. The second-order valence-corrected chi connectivity index (χ2v) is 7.38. The molecule has 2 aromatic carbocycles. The average molecular weight is 350 g/mol. The summed E-state index contributed by atoms with van der Waals surface area (Å²) in [6.07, 6.45) is 1.11. The van der Waals surface area contributed by atoms with E-state index in [-0.39, 0.29) is 12.5 Å². The second kappa shape index (κ2) is 7.12. The van der Waals surface area contributed by atoms with Gasteiger partial charge in [-0.25, -0.2) is 0 Å². The van der Waals surface area contributed by atoms with Gasteiger partial charge in [0.1, 0.15) is 5.75 Å². The van der Waals surface area contributed by atoms with Crippen LogP contribution in [0, 0.1) is 13.8 Å². The zero-order chi connectivity index (χ0) is 18.1. The summed E-state index contributed by atoms with van der Waals surface area (Å²) in [4.78, 5) is 17.2. The molecule has 2 aliphatic heterocycles. The molecule has 2 heterocycles. The maximum atomic E-state index is 12.7. The van der Waals surface area contributed by atoms with Gasteiger partial charge in [0.15, 0.2) is 6.61 Å². The van der Waals surface area contributed by atoms with Crippen LogP contribution in [0.15, 0.2) is 42.5 Å². The number of carbonyl (C=O) groups excluding carboxylic acids is 1. The lowest BCUT2D eigenvalue weighted by Gasteiger charge is -2.44. The molecule has 4 heteroatoms. The highest BCUT2D eigenvalue weighted by atomic mass is 16.5. The van der Waals surface area contributed by atoms with E-state index in [1.807, 2.05) is 23.1 Å². The van der Waals surface area contributed by atoms with Crippen LogP contribution in [0.3, 0.4) is 0 Å². The highest BCUT2D eigenvalue weighted by Crippen LogP contribution is 2.32. The number of carbonyl (C=O) groups is 1. The molecular formula is C22H26N2O2. The van der Waals surface area contributed by atoms with E-state index in [1.165, 1.54) is 22.3 Å². The zero-order valence-corrected chi connectivity index (χ0v) is 15.6. The van der Waals surface area contributed by atoms with Crippen molar-refractivity contribution in [3.63, 3.8) is 0 Å². The summed E-state index contributed by atoms with van der Waals surface area (Å²) in [5.74, 6) is 0.842. The highest BCUT2D eigenvalue weighted by molar-refractivity contribution is 5.78. The molecule has 0 bridgehead atoms. The third-order valence-electron chi connectivity index (χ3n) is 5.77. The molecule has 4 nitrogen and oxygen atoms in total. The van der Waals surface area contributed by atoms with Gasteiger partial charge in [0, 0.05) is 26.2 Å². The summed E-state index contributed by atoms with van der Waals surface area (Å²) >= 11 is 0. The van der Waals surface area contributed by atoms with E-state index in [0.717, 1.165) is 38.3 Å². The van der Waals surface area contributed by atoms with Crippen LogP contribution in [0.5, 0.6) is 5.75 Å². The molecule has 0 spiro atoms. The first kappa shape index (κ1) is 17.1. The summed E-state index contributed by atoms with van der Waals surface area (Å²) < 4.78 is 5.76. The standard InChI is InChI=1S/C22H26N2O2/c1-16-7-8-19(13-17(16)2)26-15-22(25)24-12-11-23-10-9-18-5-3-4-6-20(18)21(23)14-24/h3-8,13,21H,9-12,14-15H2,1-2H3. The fourth-order valence-electron chi connectivity index (χ4n) is 4.00. The third kappa shape index (κ3) is 3.34. The Balaban J connectivity index is 1.41. The lowest BCUT2D eigenvalue weighted by molar-refractivity contribution is -0.136. The first-order valence-electron chi connectivity index (χ1n) is 9.41. The normalized spacial score (nSPS) is 19.6. The first-order chi connectivity index (χ1) is 12.6. The van der Waals surface area contributed by atoms with Gasteiger partial charge in [-0.15, -0.1) is 0 Å². The van der Waals surface area contributed by atoms with E-state index in [2.05, 4.69) is 43.0 Å². The second-order valence-electron chi connectivity index (χ2n) is 7.38. The number of ether oxygens (including phenoxy) is 1. The fourth-order valence-corrected chi connectivity index (χ4v) is 4.00. The topological polar surface area (TPSA) is 32.8 Å². The molecule has 1 fully saturated rings. The molecule has 4 rings (SSSR count). The summed E-state index contributed by atoms with van der Waals surface area (Å²) in [5, 5.41) is 0. The Bertz CT molecular complexity index is 818. The van der Waals surface area contributed by atoms with Crippen molar-refractivity contribution in [1.82, 2.24) is 9.80 Å². The van der Waals surface area contributed by atoms with Crippen LogP contribution in [0.25, 0.3) is 0 Å². The van der Waals surface area contributed by atoms with Crippen LogP contribution in [0.2, 0.25) is 0 Å². The summed E-state index contributed by atoms with van der Waals surface area (Å²) in [6.45, 7) is 7.81. The average Bonchev–Trinajstić information content (AvgIpc) is 2.68. The highest BCUT2D eigenvalue weighted by Gasteiger charge is 2.34. The predicted octanol–water partition coefficient (Wildman–Crippen LogP) is 3.12. The van der Waals surface area contributed by atoms with E-state index in [4.69, 9.17) is 4.74 Å². The Morgan fingerprint density at radius 3 is 2.77 bits per heavy atom. The van der Waals surface area contributed by atoms with Crippen LogP contribution in [-0.4, -0.2) is 48.5 Å². The lowest BCUT2D eigenvalue weighted by Crippen LogP contribution is -2.53. The Morgan fingerprint density at radius 1 is 1.08 bits per heavy atom. The van der Waals surface area contributed by atoms with Crippen molar-refractivity contribution in [2.75, 3.05) is 32.8 Å². The van der Waals surface area contributed by atoms with Crippen molar-refractivity contribution in [3.05, 3.63) is 64.7 Å². The van der Waals surface area contributed by atoms with Crippen molar-refractivity contribution < 1.29 is 9.53 Å². The Labute approximate surface area is 155 Å². The largest absolute Gasteiger partial charge is 0.484 e. The fraction of sp³-hybridized carbons (Fsp3) is 0.409. The van der Waals surface area contributed by atoms with Crippen molar-refractivity contribution >= 4 is 5.91 Å². The Kier molecular flexibility index (Phi) is 4.68. The number of hydrogen-bond acceptors (Lipinski definition) is 3. The predicted molar refractivity (Wildman–Crippen MR) is 102 cm³/mol. The zero-order valence-electron chi connectivity index (χ0n) is 15.6. The van der Waals surface area contributed by atoms with Crippen molar-refractivity contribution in [3.8, 4) is 5.75 Å². The Hall–Kier alpha value is -2.33. The minimum Gasteiger partial charge on any atom is -0.484 e. The van der Waals surface area contributed by atoms with Gasteiger partial charge in [0.25, 0.3) is 5.91 Å². The van der Waals surface area contributed by atoms with Crippen molar-refractivity contribution in [2.24, 2.45) is 0 Å². The molecule has 2 aliphatic rings. The molecular weight excluding hydrogens is 324 g/mol. The maximum absolute atomic E-state index is 12.7. The van der Waals surface area contributed by atoms with E-state index in [9.17, 15) is 4.79 Å². The maximum Gasteiger partial charge on any atom is 0.260 e. The molecule has 0 aliphatic carbocycles. The number of hydrogen-bond donors (Lipinski definition) is 0. The van der Waals surface area contributed by atoms with Gasteiger partial charge in [0.2, 0.25) is 0 Å². The molecule has 26 heavy (non-hydrogen) atoms. The van der Waals surface area contributed by atoms with Gasteiger partial charge in [0.05, 0.1) is 6.04 Å². The van der Waals surface area contributed by atoms with Gasteiger partial charge < -0.3 is 9.64 Å². The molecule has 0 N–H and O–H groups in total. The first-order valence-corrected chi connectivity index (χ1v) is 9.41. The molecule has 136 valence electrons. The van der Waals surface area contributed by atoms with Gasteiger partial charge in [-0.05, 0) is 54.7 Å². The van der Waals surface area contributed by atoms with E-state index >= 15 is 0 Å². The van der Waals surface area contributed by atoms with Crippen LogP contribution < -0.4 is 4.74 Å². The SMILES string of the molecule is Cc1ccc(OCC(=O)N2CCN3CCc4ccccc4C3C2)cc1C. The van der Waals surface area contributed by atoms with E-state index < -0.39 is 0 Å². The monoisotopic (exact) mass is 350 g/mol. The summed E-state index contributed by atoms with van der Waals surface area (Å²) in [5.41, 5.74) is 5.22. The van der Waals surface area contributed by atoms with Crippen LogP contribution in [-0.2, 0) is 11.2 Å². The minimum atomic E-state index is 0.0749. The van der Waals surface area contributed by atoms with Gasteiger partial charge in [-0.1, -0.05) is 30.3 Å². The van der Waals surface area contributed by atoms with Crippen molar-refractivity contribution in [1.29, 1.82) is 0 Å². The van der Waals surface area contributed by atoms with Crippen LogP contribution in [0.1, 0.15) is 28.3 Å². The molecule has 0 radical (unpaired) electrons. The molecule has 1 unspecified atom stereocenters. The number of fused-ring (bicyclic) bond motifs is 3. The lowest BCUT2D eigenvalue weighted by atomic mass is 9.91. The molecule has 2 aromatic rings. The quantitative estimate of drug-likeness (QED) is 0.853. The minimum absolute atomic E-state index is 0.0749. The summed E-state index contributed by atoms with van der Waals surface area (Å²) in [6, 6.07) is 14.9. The van der Waals surface area contributed by atoms with Gasteiger partial charge in [-0.3, -0.25) is 9.69 Å². The van der Waals surface area contributed by atoms with Crippen LogP contribution >= 0.6 is 0 Å². The number of rotatable bonds is 3. The Morgan fingerprint density at radius 2 is 1.92 bits per heavy atom. The molecule has 0 aromatic heterocycles. The van der Waals surface area contributed by atoms with Gasteiger partial charge in [-0.2, -0.15) is 0 Å². The van der Waals surface area contributed by atoms with Gasteiger partial charge >= 0.3 is 0 Å². The molecule has 1 saturated heterocycles. The number of amides is 1. The third-order valence-corrected chi connectivity index (χ3v) is 5.77. The van der Waals surface area contributed by atoms with E-state index in [0.29, 0.717) is 6.04 Å². The summed E-state index contributed by atoms with van der Waals surface area (Å²) in [7, 11) is 0. The van der Waals surface area contributed by atoms with Crippen LogP contribution in [0.4, 0.5) is 0 Å². The molecule has 1 amide bonds. The smallest absolute Gasteiger partial charge is 0.260 e.